The molecule has 0 spiro atoms. The van der Waals surface area contributed by atoms with E-state index in [0.29, 0.717) is 6.61 Å². The quantitative estimate of drug-likeness (QED) is 0.668. The van der Waals surface area contributed by atoms with Crippen LogP contribution in [0.3, 0.4) is 0 Å². The maximum atomic E-state index is 5.66. The number of hydrogen-bond acceptors (Lipinski definition) is 2. The number of alkyl halides is 1. The Balaban J connectivity index is 3.64. The first kappa shape index (κ1) is 11.4. The molecule has 3 heteroatoms. The van der Waals surface area contributed by atoms with Crippen molar-refractivity contribution in [2.75, 3.05) is 19.0 Å². The molecule has 0 heterocycles. The van der Waals surface area contributed by atoms with Crippen LogP contribution in [-0.2, 0) is 9.47 Å². The molecule has 0 aromatic rings. The first-order valence-electron chi connectivity index (χ1n) is 3.74. The van der Waals surface area contributed by atoms with E-state index in [9.17, 15) is 0 Å². The van der Waals surface area contributed by atoms with E-state index >= 15 is 0 Å². The van der Waals surface area contributed by atoms with Crippen LogP contribution in [0.1, 0.15) is 20.8 Å². The normalized spacial score (nSPS) is 15.0. The molecular weight excluding hydrogens is 208 g/mol. The molecule has 0 N–H and O–H groups in total. The predicted molar refractivity (Wildman–Crippen MR) is 50.3 cm³/mol. The van der Waals surface area contributed by atoms with Crippen molar-refractivity contribution in [2.45, 2.75) is 32.5 Å². The molecule has 0 aliphatic rings. The van der Waals surface area contributed by atoms with Gasteiger partial charge in [-0.15, -0.1) is 0 Å². The smallest absolute Gasteiger partial charge is 0.0787 e. The van der Waals surface area contributed by atoms with Crippen molar-refractivity contribution >= 4 is 15.9 Å². The maximum Gasteiger partial charge on any atom is 0.0787 e. The molecule has 11 heavy (non-hydrogen) atoms. The minimum atomic E-state index is -0.0993. The Kier molecular flexibility index (Phi) is 5.30. The fourth-order valence-corrected chi connectivity index (χ4v) is 0.977. The van der Waals surface area contributed by atoms with Gasteiger partial charge in [-0.25, -0.2) is 0 Å². The lowest BCUT2D eigenvalue weighted by molar-refractivity contribution is -0.0742. The zero-order valence-corrected chi connectivity index (χ0v) is 9.27. The van der Waals surface area contributed by atoms with E-state index in [0.717, 1.165) is 5.33 Å². The lowest BCUT2D eigenvalue weighted by Gasteiger charge is -2.26. The van der Waals surface area contributed by atoms with Crippen LogP contribution in [0.4, 0.5) is 0 Å². The number of ether oxygens (including phenoxy) is 2. The molecule has 0 bridgehead atoms. The largest absolute Gasteiger partial charge is 0.382 e. The Morgan fingerprint density at radius 2 is 2.00 bits per heavy atom. The van der Waals surface area contributed by atoms with Crippen LogP contribution < -0.4 is 0 Å². The first-order chi connectivity index (χ1) is 5.02. The van der Waals surface area contributed by atoms with Crippen LogP contribution in [0.15, 0.2) is 0 Å². The predicted octanol–water partition coefficient (Wildman–Crippen LogP) is 2.21. The van der Waals surface area contributed by atoms with Gasteiger partial charge in [0.15, 0.2) is 0 Å². The SMILES string of the molecule is COCC(C)OC(C)(C)CBr. The van der Waals surface area contributed by atoms with Crippen LogP contribution in [0.2, 0.25) is 0 Å². The molecule has 0 fully saturated rings. The molecule has 0 aromatic heterocycles. The zero-order valence-electron chi connectivity index (χ0n) is 7.69. The summed E-state index contributed by atoms with van der Waals surface area (Å²) in [5, 5.41) is 0.841. The van der Waals surface area contributed by atoms with Crippen molar-refractivity contribution in [3.63, 3.8) is 0 Å². The summed E-state index contributed by atoms with van der Waals surface area (Å²) in [7, 11) is 1.68. The van der Waals surface area contributed by atoms with Gasteiger partial charge in [0.2, 0.25) is 0 Å². The number of methoxy groups -OCH3 is 1. The van der Waals surface area contributed by atoms with Crippen molar-refractivity contribution in [1.29, 1.82) is 0 Å². The van der Waals surface area contributed by atoms with Gasteiger partial charge < -0.3 is 9.47 Å². The average molecular weight is 225 g/mol. The van der Waals surface area contributed by atoms with Gasteiger partial charge in [-0.3, -0.25) is 0 Å². The van der Waals surface area contributed by atoms with Gasteiger partial charge >= 0.3 is 0 Å². The third-order valence-electron chi connectivity index (χ3n) is 1.24. The lowest BCUT2D eigenvalue weighted by Crippen LogP contribution is -2.32. The van der Waals surface area contributed by atoms with Gasteiger partial charge in [-0.05, 0) is 20.8 Å². The van der Waals surface area contributed by atoms with Crippen molar-refractivity contribution in [3.05, 3.63) is 0 Å². The number of halogens is 1. The van der Waals surface area contributed by atoms with Crippen LogP contribution in [0.5, 0.6) is 0 Å². The second kappa shape index (κ2) is 5.12. The van der Waals surface area contributed by atoms with Gasteiger partial charge in [0.25, 0.3) is 0 Å². The summed E-state index contributed by atoms with van der Waals surface area (Å²) in [6.45, 7) is 6.76. The highest BCUT2D eigenvalue weighted by Gasteiger charge is 2.19. The van der Waals surface area contributed by atoms with Crippen LogP contribution >= 0.6 is 15.9 Å². The number of hydrogen-bond donors (Lipinski definition) is 0. The summed E-state index contributed by atoms with van der Waals surface area (Å²) in [6.07, 6.45) is 0.160. The van der Waals surface area contributed by atoms with Gasteiger partial charge in [-0.1, -0.05) is 15.9 Å². The minimum absolute atomic E-state index is 0.0993. The topological polar surface area (TPSA) is 18.5 Å². The standard InChI is InChI=1S/C8H17BrO2/c1-7(5-10-4)11-8(2,3)6-9/h7H,5-6H2,1-4H3. The summed E-state index contributed by atoms with van der Waals surface area (Å²) in [5.74, 6) is 0. The highest BCUT2D eigenvalue weighted by molar-refractivity contribution is 9.09. The highest BCUT2D eigenvalue weighted by Crippen LogP contribution is 2.14. The molecule has 0 saturated heterocycles. The second-order valence-electron chi connectivity index (χ2n) is 3.28. The van der Waals surface area contributed by atoms with E-state index in [-0.39, 0.29) is 11.7 Å². The third-order valence-corrected chi connectivity index (χ3v) is 2.59. The van der Waals surface area contributed by atoms with E-state index in [1.54, 1.807) is 7.11 Å². The Morgan fingerprint density at radius 1 is 1.45 bits per heavy atom. The molecule has 68 valence electrons. The Morgan fingerprint density at radius 3 is 2.36 bits per heavy atom. The molecule has 1 atom stereocenters. The van der Waals surface area contributed by atoms with Gasteiger partial charge in [0, 0.05) is 12.4 Å². The molecule has 1 unspecified atom stereocenters. The van der Waals surface area contributed by atoms with Crippen molar-refractivity contribution < 1.29 is 9.47 Å². The van der Waals surface area contributed by atoms with Gasteiger partial charge in [0.05, 0.1) is 18.3 Å². The number of rotatable bonds is 5. The summed E-state index contributed by atoms with van der Waals surface area (Å²) in [5.41, 5.74) is -0.0993. The monoisotopic (exact) mass is 224 g/mol. The van der Waals surface area contributed by atoms with E-state index < -0.39 is 0 Å². The average Bonchev–Trinajstić information content (AvgIpc) is 1.87. The Labute approximate surface area is 77.4 Å². The minimum Gasteiger partial charge on any atom is -0.382 e. The Hall–Kier alpha value is 0.400. The summed E-state index contributed by atoms with van der Waals surface area (Å²) >= 11 is 3.38. The molecular formula is C8H17BrO2. The second-order valence-corrected chi connectivity index (χ2v) is 3.84. The van der Waals surface area contributed by atoms with E-state index in [2.05, 4.69) is 15.9 Å². The van der Waals surface area contributed by atoms with Crippen LogP contribution in [0.25, 0.3) is 0 Å². The summed E-state index contributed by atoms with van der Waals surface area (Å²) < 4.78 is 10.6. The fourth-order valence-electron chi connectivity index (χ4n) is 0.845. The fraction of sp³-hybridized carbons (Fsp3) is 1.00. The van der Waals surface area contributed by atoms with Crippen molar-refractivity contribution in [1.82, 2.24) is 0 Å². The van der Waals surface area contributed by atoms with Crippen LogP contribution in [-0.4, -0.2) is 30.8 Å². The zero-order chi connectivity index (χ0) is 8.91. The molecule has 0 rings (SSSR count). The van der Waals surface area contributed by atoms with Crippen molar-refractivity contribution in [3.8, 4) is 0 Å². The summed E-state index contributed by atoms with van der Waals surface area (Å²) in [4.78, 5) is 0. The van der Waals surface area contributed by atoms with Crippen LogP contribution in [0, 0.1) is 0 Å². The first-order valence-corrected chi connectivity index (χ1v) is 4.86. The molecule has 2 nitrogen and oxygen atoms in total. The maximum absolute atomic E-state index is 5.66. The van der Waals surface area contributed by atoms with E-state index in [1.165, 1.54) is 0 Å². The molecule has 0 aromatic carbocycles. The Bertz CT molecular complexity index is 104. The molecule has 0 saturated carbocycles. The van der Waals surface area contributed by atoms with E-state index in [1.807, 2.05) is 20.8 Å². The third kappa shape index (κ3) is 5.65. The van der Waals surface area contributed by atoms with Gasteiger partial charge in [-0.2, -0.15) is 0 Å². The molecule has 0 amide bonds. The molecule has 0 radical (unpaired) electrons. The van der Waals surface area contributed by atoms with E-state index in [4.69, 9.17) is 9.47 Å². The molecule has 0 aliphatic heterocycles. The van der Waals surface area contributed by atoms with Crippen molar-refractivity contribution in [2.24, 2.45) is 0 Å². The lowest BCUT2D eigenvalue weighted by atomic mass is 10.2. The summed E-state index contributed by atoms with van der Waals surface area (Å²) in [6, 6.07) is 0. The molecule has 0 aliphatic carbocycles. The highest BCUT2D eigenvalue weighted by atomic mass is 79.9. The van der Waals surface area contributed by atoms with Gasteiger partial charge in [0.1, 0.15) is 0 Å².